The summed E-state index contributed by atoms with van der Waals surface area (Å²) in [6, 6.07) is 3.51. The van der Waals surface area contributed by atoms with Crippen LogP contribution >= 0.6 is 0 Å². The summed E-state index contributed by atoms with van der Waals surface area (Å²) in [7, 11) is -2.66. The summed E-state index contributed by atoms with van der Waals surface area (Å²) < 4.78 is 52.9. The fraction of sp³-hybridized carbons (Fsp3) is 0.400. The largest absolute Gasteiger partial charge is 0.495 e. The Morgan fingerprint density at radius 3 is 2.83 bits per heavy atom. The van der Waals surface area contributed by atoms with E-state index in [-0.39, 0.29) is 16.7 Å². The summed E-state index contributed by atoms with van der Waals surface area (Å²) in [6.07, 6.45) is 4.70. The Hall–Kier alpha value is -2.13. The molecule has 0 spiro atoms. The van der Waals surface area contributed by atoms with Crippen LogP contribution in [0.5, 0.6) is 5.75 Å². The average Bonchev–Trinajstić information content (AvgIpc) is 3.03. The molecule has 1 fully saturated rings. The first-order valence-corrected chi connectivity index (χ1v) is 8.96. The molecule has 130 valence electrons. The Balaban J connectivity index is 1.82. The van der Waals surface area contributed by atoms with Crippen LogP contribution in [-0.2, 0) is 14.8 Å². The van der Waals surface area contributed by atoms with Gasteiger partial charge in [0.2, 0.25) is 0 Å². The number of sulfonamides is 1. The van der Waals surface area contributed by atoms with E-state index in [9.17, 15) is 12.8 Å². The zero-order valence-corrected chi connectivity index (χ0v) is 13.9. The lowest BCUT2D eigenvalue weighted by Gasteiger charge is -2.22. The maximum atomic E-state index is 13.4. The molecule has 0 saturated carbocycles. The summed E-state index contributed by atoms with van der Waals surface area (Å²) in [4.78, 5) is -0.260. The Kier molecular flexibility index (Phi) is 4.72. The number of benzene rings is 1. The zero-order chi connectivity index (χ0) is 17.2. The topological polar surface area (TPSA) is 82.5 Å². The molecule has 1 N–H and O–H groups in total. The van der Waals surface area contributed by atoms with Crippen LogP contribution in [0.2, 0.25) is 0 Å². The van der Waals surface area contributed by atoms with Gasteiger partial charge in [-0.1, -0.05) is 0 Å². The van der Waals surface area contributed by atoms with Crippen molar-refractivity contribution in [3.63, 3.8) is 0 Å². The van der Waals surface area contributed by atoms with Crippen LogP contribution in [0.25, 0.3) is 0 Å². The molecule has 0 unspecified atom stereocenters. The molecular weight excluding hydrogens is 337 g/mol. The quantitative estimate of drug-likeness (QED) is 0.889. The molecule has 2 aromatic rings. The highest BCUT2D eigenvalue weighted by Crippen LogP contribution is 2.27. The smallest absolute Gasteiger partial charge is 0.265 e. The molecule has 1 aliphatic rings. The lowest BCUT2D eigenvalue weighted by atomic mass is 10.1. The SMILES string of the molecule is COc1ccc(F)cc1S(=O)(=O)Nc1cnn(C2CCOCC2)c1. The van der Waals surface area contributed by atoms with Crippen LogP contribution in [0.1, 0.15) is 18.9 Å². The van der Waals surface area contributed by atoms with E-state index in [1.807, 2.05) is 0 Å². The maximum Gasteiger partial charge on any atom is 0.265 e. The molecular formula is C15H18FN3O4S. The Morgan fingerprint density at radius 1 is 1.38 bits per heavy atom. The first-order valence-electron chi connectivity index (χ1n) is 7.48. The number of halogens is 1. The zero-order valence-electron chi connectivity index (χ0n) is 13.1. The molecule has 0 bridgehead atoms. The normalized spacial score (nSPS) is 16.1. The van der Waals surface area contributed by atoms with E-state index in [1.54, 1.807) is 10.9 Å². The van der Waals surface area contributed by atoms with Crippen molar-refractivity contribution in [1.29, 1.82) is 0 Å². The predicted octanol–water partition coefficient (Wildman–Crippen LogP) is 2.18. The third kappa shape index (κ3) is 3.51. The number of aromatic nitrogens is 2. The molecule has 7 nitrogen and oxygen atoms in total. The fourth-order valence-electron chi connectivity index (χ4n) is 2.61. The number of anilines is 1. The van der Waals surface area contributed by atoms with Gasteiger partial charge >= 0.3 is 0 Å². The molecule has 1 aliphatic heterocycles. The highest BCUT2D eigenvalue weighted by molar-refractivity contribution is 7.92. The van der Waals surface area contributed by atoms with Crippen molar-refractivity contribution in [2.45, 2.75) is 23.8 Å². The fourth-order valence-corrected chi connectivity index (χ4v) is 3.82. The van der Waals surface area contributed by atoms with Crippen LogP contribution < -0.4 is 9.46 Å². The van der Waals surface area contributed by atoms with Crippen LogP contribution in [0.15, 0.2) is 35.5 Å². The van der Waals surface area contributed by atoms with Crippen LogP contribution in [0, 0.1) is 5.82 Å². The summed E-state index contributed by atoms with van der Waals surface area (Å²) >= 11 is 0. The number of ether oxygens (including phenoxy) is 2. The Morgan fingerprint density at radius 2 is 2.12 bits per heavy atom. The molecule has 9 heteroatoms. The highest BCUT2D eigenvalue weighted by atomic mass is 32.2. The van der Waals surface area contributed by atoms with E-state index >= 15 is 0 Å². The number of nitrogens with zero attached hydrogens (tertiary/aromatic N) is 2. The van der Waals surface area contributed by atoms with E-state index in [4.69, 9.17) is 9.47 Å². The second-order valence-corrected chi connectivity index (χ2v) is 7.10. The predicted molar refractivity (Wildman–Crippen MR) is 85.1 cm³/mol. The third-order valence-corrected chi connectivity index (χ3v) is 5.24. The van der Waals surface area contributed by atoms with Crippen molar-refractivity contribution >= 4 is 15.7 Å². The third-order valence-electron chi connectivity index (χ3n) is 3.83. The molecule has 3 rings (SSSR count). The average molecular weight is 355 g/mol. The summed E-state index contributed by atoms with van der Waals surface area (Å²) in [6.45, 7) is 1.32. The van der Waals surface area contributed by atoms with Crippen molar-refractivity contribution in [2.75, 3.05) is 25.0 Å². The van der Waals surface area contributed by atoms with Gasteiger partial charge in [0.25, 0.3) is 10.0 Å². The molecule has 1 saturated heterocycles. The monoisotopic (exact) mass is 355 g/mol. The summed E-state index contributed by atoms with van der Waals surface area (Å²) in [5.74, 6) is -0.588. The number of methoxy groups -OCH3 is 1. The van der Waals surface area contributed by atoms with Gasteiger partial charge in [-0.15, -0.1) is 0 Å². The lowest BCUT2D eigenvalue weighted by molar-refractivity contribution is 0.0662. The Bertz CT molecular complexity index is 816. The van der Waals surface area contributed by atoms with Crippen molar-refractivity contribution in [1.82, 2.24) is 9.78 Å². The van der Waals surface area contributed by atoms with E-state index in [1.165, 1.54) is 19.4 Å². The number of nitrogens with one attached hydrogen (secondary N) is 1. The van der Waals surface area contributed by atoms with Gasteiger partial charge in [-0.25, -0.2) is 12.8 Å². The minimum atomic E-state index is -3.99. The van der Waals surface area contributed by atoms with Crippen molar-refractivity contribution in [3.05, 3.63) is 36.4 Å². The van der Waals surface area contributed by atoms with E-state index in [0.29, 0.717) is 18.9 Å². The minimum absolute atomic E-state index is 0.0701. The van der Waals surface area contributed by atoms with Crippen LogP contribution in [0.3, 0.4) is 0 Å². The molecule has 0 atom stereocenters. The second-order valence-electron chi connectivity index (χ2n) is 5.45. The lowest BCUT2D eigenvalue weighted by Crippen LogP contribution is -2.20. The van der Waals surface area contributed by atoms with Gasteiger partial charge < -0.3 is 9.47 Å². The van der Waals surface area contributed by atoms with Crippen LogP contribution in [0.4, 0.5) is 10.1 Å². The molecule has 2 heterocycles. The van der Waals surface area contributed by atoms with Crippen LogP contribution in [-0.4, -0.2) is 38.5 Å². The van der Waals surface area contributed by atoms with Gasteiger partial charge in [0.05, 0.1) is 25.0 Å². The second kappa shape index (κ2) is 6.78. The van der Waals surface area contributed by atoms with Gasteiger partial charge in [0, 0.05) is 19.4 Å². The molecule has 0 aliphatic carbocycles. The van der Waals surface area contributed by atoms with E-state index in [0.717, 1.165) is 25.0 Å². The van der Waals surface area contributed by atoms with Crippen molar-refractivity contribution in [2.24, 2.45) is 0 Å². The molecule has 1 aromatic heterocycles. The number of hydrogen-bond acceptors (Lipinski definition) is 5. The van der Waals surface area contributed by atoms with Gasteiger partial charge in [-0.2, -0.15) is 5.10 Å². The molecule has 24 heavy (non-hydrogen) atoms. The molecule has 1 aromatic carbocycles. The summed E-state index contributed by atoms with van der Waals surface area (Å²) in [5, 5.41) is 4.21. The minimum Gasteiger partial charge on any atom is -0.495 e. The van der Waals surface area contributed by atoms with Gasteiger partial charge in [-0.3, -0.25) is 9.40 Å². The van der Waals surface area contributed by atoms with E-state index < -0.39 is 15.8 Å². The molecule has 0 radical (unpaired) electrons. The van der Waals surface area contributed by atoms with Gasteiger partial charge in [0.1, 0.15) is 16.5 Å². The Labute approximate surface area is 139 Å². The van der Waals surface area contributed by atoms with Gasteiger partial charge in [-0.05, 0) is 31.0 Å². The van der Waals surface area contributed by atoms with E-state index in [2.05, 4.69) is 9.82 Å². The first-order chi connectivity index (χ1) is 11.5. The van der Waals surface area contributed by atoms with Gasteiger partial charge in [0.15, 0.2) is 0 Å². The standard InChI is InChI=1S/C15H18FN3O4S/c1-22-14-3-2-11(16)8-15(14)24(20,21)18-12-9-17-19(10-12)13-4-6-23-7-5-13/h2-3,8-10,13,18H,4-7H2,1H3. The molecule has 0 amide bonds. The van der Waals surface area contributed by atoms with Crippen molar-refractivity contribution in [3.8, 4) is 5.75 Å². The maximum absolute atomic E-state index is 13.4. The first kappa shape index (κ1) is 16.7. The summed E-state index contributed by atoms with van der Waals surface area (Å²) in [5.41, 5.74) is 0.313. The highest BCUT2D eigenvalue weighted by Gasteiger charge is 2.22. The number of rotatable bonds is 5. The van der Waals surface area contributed by atoms with Crippen molar-refractivity contribution < 1.29 is 22.3 Å². The number of hydrogen-bond donors (Lipinski definition) is 1.